The van der Waals surface area contributed by atoms with Crippen molar-refractivity contribution in [2.24, 2.45) is 5.11 Å². The van der Waals surface area contributed by atoms with Crippen molar-refractivity contribution in [1.29, 1.82) is 0 Å². The average Bonchev–Trinajstić information content (AvgIpc) is 2.97. The number of fused-ring (bicyclic) bond motifs is 1. The largest absolute Gasteiger partial charge is 0.285 e. The second-order valence-electron chi connectivity index (χ2n) is 6.47. The highest BCUT2D eigenvalue weighted by Crippen LogP contribution is 2.32. The van der Waals surface area contributed by atoms with Gasteiger partial charge in [-0.15, -0.1) is 10.2 Å². The maximum absolute atomic E-state index is 8.54. The van der Waals surface area contributed by atoms with Crippen LogP contribution in [0.1, 0.15) is 32.2 Å². The Morgan fingerprint density at radius 3 is 2.71 bits per heavy atom. The molecule has 0 aliphatic heterocycles. The smallest absolute Gasteiger partial charge is 0.160 e. The van der Waals surface area contributed by atoms with Gasteiger partial charge < -0.3 is 0 Å². The first-order valence-corrected chi connectivity index (χ1v) is 8.42. The minimum Gasteiger partial charge on any atom is -0.285 e. The molecule has 0 spiro atoms. The molecule has 122 valence electrons. The summed E-state index contributed by atoms with van der Waals surface area (Å²) in [5, 5.41) is 12.2. The quantitative estimate of drug-likeness (QED) is 0.382. The maximum atomic E-state index is 8.54. The lowest BCUT2D eigenvalue weighted by Gasteiger charge is -2.16. The van der Waals surface area contributed by atoms with Crippen molar-refractivity contribution >= 4 is 17.4 Å². The summed E-state index contributed by atoms with van der Waals surface area (Å²) in [5.41, 5.74) is 10.3. The van der Waals surface area contributed by atoms with Crippen molar-refractivity contribution in [3.8, 4) is 0 Å². The van der Waals surface area contributed by atoms with Crippen LogP contribution in [0.5, 0.6) is 0 Å². The van der Waals surface area contributed by atoms with E-state index in [1.165, 1.54) is 0 Å². The molecule has 3 aromatic rings. The molecule has 6 nitrogen and oxygen atoms in total. The van der Waals surface area contributed by atoms with E-state index in [2.05, 4.69) is 47.2 Å². The van der Waals surface area contributed by atoms with E-state index in [1.54, 1.807) is 11.8 Å². The molecule has 0 radical (unpaired) electrons. The van der Waals surface area contributed by atoms with Gasteiger partial charge >= 0.3 is 0 Å². The molecule has 0 atom stereocenters. The monoisotopic (exact) mass is 338 g/mol. The van der Waals surface area contributed by atoms with Crippen LogP contribution in [0, 0.1) is 0 Å². The number of pyridine rings is 1. The highest BCUT2D eigenvalue weighted by Gasteiger charge is 2.20. The van der Waals surface area contributed by atoms with Crippen LogP contribution < -0.4 is 0 Å². The Balaban J connectivity index is 1.98. The van der Waals surface area contributed by atoms with Crippen LogP contribution in [0.3, 0.4) is 0 Å². The number of aromatic nitrogens is 3. The molecular formula is C17H18N6S. The van der Waals surface area contributed by atoms with Crippen LogP contribution in [-0.2, 0) is 12.0 Å². The van der Waals surface area contributed by atoms with Gasteiger partial charge in [-0.2, -0.15) is 0 Å². The second-order valence-corrected chi connectivity index (χ2v) is 7.58. The van der Waals surface area contributed by atoms with Crippen LogP contribution in [0.25, 0.3) is 16.1 Å². The summed E-state index contributed by atoms with van der Waals surface area (Å²) in [6.45, 7) is 6.72. The topological polar surface area (TPSA) is 79.0 Å². The summed E-state index contributed by atoms with van der Waals surface area (Å²) in [6.07, 6.45) is 2.06. The summed E-state index contributed by atoms with van der Waals surface area (Å²) < 4.78 is 2.04. The molecule has 2 heterocycles. The summed E-state index contributed by atoms with van der Waals surface area (Å²) >= 11 is 1.64. The Hall–Kier alpha value is -2.50. The maximum Gasteiger partial charge on any atom is 0.160 e. The molecule has 0 unspecified atom stereocenters. The molecule has 0 aliphatic carbocycles. The Kier molecular flexibility index (Phi) is 4.46. The van der Waals surface area contributed by atoms with Crippen molar-refractivity contribution in [1.82, 2.24) is 14.6 Å². The lowest BCUT2D eigenvalue weighted by atomic mass is 9.96. The number of nitrogens with zero attached hydrogens (tertiary/aromatic N) is 6. The number of benzene rings is 1. The van der Waals surface area contributed by atoms with Gasteiger partial charge in [0, 0.05) is 26.3 Å². The molecule has 0 fully saturated rings. The van der Waals surface area contributed by atoms with E-state index < -0.39 is 0 Å². The van der Waals surface area contributed by atoms with E-state index in [-0.39, 0.29) is 5.41 Å². The molecule has 3 rings (SSSR count). The highest BCUT2D eigenvalue weighted by atomic mass is 32.2. The lowest BCUT2D eigenvalue weighted by molar-refractivity contribution is 0.538. The summed E-state index contributed by atoms with van der Waals surface area (Å²) in [5.74, 6) is 0.933. The van der Waals surface area contributed by atoms with Crippen molar-refractivity contribution in [2.45, 2.75) is 42.5 Å². The zero-order valence-electron chi connectivity index (χ0n) is 13.8. The number of hydrogen-bond acceptors (Lipinski definition) is 4. The van der Waals surface area contributed by atoms with Crippen molar-refractivity contribution < 1.29 is 0 Å². The molecule has 0 N–H and O–H groups in total. The fourth-order valence-corrected chi connectivity index (χ4v) is 3.37. The summed E-state index contributed by atoms with van der Waals surface area (Å²) in [7, 11) is 0. The van der Waals surface area contributed by atoms with Crippen molar-refractivity contribution in [3.05, 3.63) is 64.4 Å². The molecule has 0 bridgehead atoms. The first-order valence-electron chi connectivity index (χ1n) is 7.61. The van der Waals surface area contributed by atoms with Crippen LogP contribution in [0.4, 0.5) is 0 Å². The van der Waals surface area contributed by atoms with E-state index in [9.17, 15) is 0 Å². The number of azide groups is 1. The van der Waals surface area contributed by atoms with E-state index >= 15 is 0 Å². The molecule has 0 saturated carbocycles. The van der Waals surface area contributed by atoms with Crippen LogP contribution in [-0.4, -0.2) is 14.6 Å². The van der Waals surface area contributed by atoms with Gasteiger partial charge in [0.1, 0.15) is 5.82 Å². The van der Waals surface area contributed by atoms with E-state index in [4.69, 9.17) is 5.53 Å². The fourth-order valence-electron chi connectivity index (χ4n) is 2.41. The number of hydrogen-bond donors (Lipinski definition) is 0. The number of rotatable bonds is 4. The van der Waals surface area contributed by atoms with Gasteiger partial charge in [-0.25, -0.2) is 0 Å². The molecule has 0 aliphatic rings. The van der Waals surface area contributed by atoms with Gasteiger partial charge in [0.25, 0.3) is 0 Å². The van der Waals surface area contributed by atoms with Crippen molar-refractivity contribution in [3.63, 3.8) is 0 Å². The zero-order valence-corrected chi connectivity index (χ0v) is 14.7. The minimum atomic E-state index is -0.0812. The van der Waals surface area contributed by atoms with Crippen LogP contribution in [0.2, 0.25) is 0 Å². The van der Waals surface area contributed by atoms with Gasteiger partial charge in [-0.05, 0) is 29.3 Å². The van der Waals surface area contributed by atoms with Gasteiger partial charge in [-0.1, -0.05) is 55.8 Å². The van der Waals surface area contributed by atoms with Crippen LogP contribution >= 0.6 is 11.8 Å². The van der Waals surface area contributed by atoms with Crippen molar-refractivity contribution in [2.75, 3.05) is 0 Å². The van der Waals surface area contributed by atoms with E-state index in [0.29, 0.717) is 6.54 Å². The Morgan fingerprint density at radius 2 is 1.96 bits per heavy atom. The average molecular weight is 338 g/mol. The normalized spacial score (nSPS) is 11.5. The van der Waals surface area contributed by atoms with Gasteiger partial charge in [0.15, 0.2) is 5.65 Å². The lowest BCUT2D eigenvalue weighted by Crippen LogP contribution is -2.15. The molecule has 7 heteroatoms. The Labute approximate surface area is 144 Å². The predicted octanol–water partition coefficient (Wildman–Crippen LogP) is 4.99. The SMILES string of the molecule is CC(C)(C)c1nnc2ccc(Sc3ccccc3CN=[N+]=[N-])cn12. The molecule has 0 saturated heterocycles. The van der Waals surface area contributed by atoms with Gasteiger partial charge in [-0.3, -0.25) is 4.40 Å². The van der Waals surface area contributed by atoms with E-state index in [0.717, 1.165) is 26.8 Å². The third kappa shape index (κ3) is 3.37. The Bertz CT molecular complexity index is 918. The molecule has 1 aromatic carbocycles. The molecular weight excluding hydrogens is 320 g/mol. The zero-order chi connectivity index (χ0) is 17.2. The van der Waals surface area contributed by atoms with Gasteiger partial charge in [0.05, 0.1) is 6.54 Å². The third-order valence-corrected chi connectivity index (χ3v) is 4.65. The Morgan fingerprint density at radius 1 is 1.17 bits per heavy atom. The first kappa shape index (κ1) is 16.4. The molecule has 24 heavy (non-hydrogen) atoms. The summed E-state index contributed by atoms with van der Waals surface area (Å²) in [6, 6.07) is 12.0. The standard InChI is InChI=1S/C17H18N6S/c1-17(2,3)16-21-20-15-9-8-13(11-23(15)16)24-14-7-5-4-6-12(14)10-19-22-18/h4-9,11H,10H2,1-3H3. The third-order valence-electron chi connectivity index (χ3n) is 3.55. The van der Waals surface area contributed by atoms with E-state index in [1.807, 2.05) is 40.8 Å². The minimum absolute atomic E-state index is 0.0812. The first-order chi connectivity index (χ1) is 11.5. The molecule has 2 aromatic heterocycles. The predicted molar refractivity (Wildman–Crippen MR) is 95.1 cm³/mol. The highest BCUT2D eigenvalue weighted by molar-refractivity contribution is 7.99. The van der Waals surface area contributed by atoms with Crippen LogP contribution in [0.15, 0.2) is 57.5 Å². The fraction of sp³-hybridized carbons (Fsp3) is 0.294. The van der Waals surface area contributed by atoms with Gasteiger partial charge in [0.2, 0.25) is 0 Å². The molecule has 0 amide bonds. The second kappa shape index (κ2) is 6.55. The summed E-state index contributed by atoms with van der Waals surface area (Å²) in [4.78, 5) is 5.01.